The van der Waals surface area contributed by atoms with Crippen molar-refractivity contribution in [2.45, 2.75) is 6.92 Å². The molecule has 1 aromatic carbocycles. The van der Waals surface area contributed by atoms with E-state index in [4.69, 9.17) is 16.7 Å². The van der Waals surface area contributed by atoms with Gasteiger partial charge in [0.1, 0.15) is 5.75 Å². The van der Waals surface area contributed by atoms with Gasteiger partial charge in [-0.15, -0.1) is 0 Å². The summed E-state index contributed by atoms with van der Waals surface area (Å²) >= 11 is 5.21. The Morgan fingerprint density at radius 2 is 2.18 bits per heavy atom. The van der Waals surface area contributed by atoms with Crippen LogP contribution in [0.1, 0.15) is 15.9 Å². The van der Waals surface area contributed by atoms with Gasteiger partial charge in [0.15, 0.2) is 0 Å². The zero-order valence-corrected chi connectivity index (χ0v) is 6.72. The number of aryl methyl sites for hydroxylation is 1. The van der Waals surface area contributed by atoms with Gasteiger partial charge in [0.05, 0.1) is 5.56 Å². The number of phenols is 1. The first-order chi connectivity index (χ1) is 5.13. The van der Waals surface area contributed by atoms with Crippen molar-refractivity contribution >= 4 is 16.8 Å². The van der Waals surface area contributed by atoms with Crippen LogP contribution in [0.4, 0.5) is 0 Å². The van der Waals surface area contributed by atoms with Crippen molar-refractivity contribution in [1.29, 1.82) is 0 Å². The summed E-state index contributed by atoms with van der Waals surface area (Å²) in [5.74, 6) is -0.0648. The minimum absolute atomic E-state index is 0.0648. The minimum atomic E-state index is -0.624. The van der Waals surface area contributed by atoms with E-state index in [0.717, 1.165) is 0 Å². The van der Waals surface area contributed by atoms with Crippen molar-refractivity contribution in [2.24, 2.45) is 0 Å². The average Bonchev–Trinajstić information content (AvgIpc) is 1.85. The van der Waals surface area contributed by atoms with Crippen molar-refractivity contribution in [1.82, 2.24) is 0 Å². The molecule has 58 valence electrons. The van der Waals surface area contributed by atoms with Crippen LogP contribution in [0.25, 0.3) is 0 Å². The van der Waals surface area contributed by atoms with Crippen LogP contribution in [0.3, 0.4) is 0 Å². The highest BCUT2D eigenvalue weighted by molar-refractivity contribution is 6.68. The van der Waals surface area contributed by atoms with Crippen molar-refractivity contribution < 1.29 is 9.90 Å². The van der Waals surface area contributed by atoms with E-state index < -0.39 is 5.24 Å². The van der Waals surface area contributed by atoms with Crippen molar-refractivity contribution in [3.05, 3.63) is 29.3 Å². The maximum atomic E-state index is 10.7. The Balaban J connectivity index is 3.32. The Morgan fingerprint density at radius 3 is 2.55 bits per heavy atom. The smallest absolute Gasteiger partial charge is 0.256 e. The van der Waals surface area contributed by atoms with Crippen LogP contribution >= 0.6 is 11.6 Å². The third-order valence-corrected chi connectivity index (χ3v) is 1.64. The van der Waals surface area contributed by atoms with Gasteiger partial charge in [-0.05, 0) is 30.2 Å². The fourth-order valence-corrected chi connectivity index (χ4v) is 1.15. The third kappa shape index (κ3) is 1.52. The summed E-state index contributed by atoms with van der Waals surface area (Å²) in [4.78, 5) is 10.7. The fourth-order valence-electron chi connectivity index (χ4n) is 0.908. The van der Waals surface area contributed by atoms with Crippen molar-refractivity contribution in [3.63, 3.8) is 0 Å². The molecule has 0 saturated carbocycles. The topological polar surface area (TPSA) is 37.3 Å². The highest BCUT2D eigenvalue weighted by Gasteiger charge is 2.09. The predicted octanol–water partition coefficient (Wildman–Crippen LogP) is 2.08. The number of aromatic hydroxyl groups is 1. The van der Waals surface area contributed by atoms with Crippen LogP contribution in [0.15, 0.2) is 18.2 Å². The molecular formula is C8H7ClO2. The second-order valence-electron chi connectivity index (χ2n) is 2.24. The van der Waals surface area contributed by atoms with Gasteiger partial charge < -0.3 is 5.11 Å². The number of carbonyl (C=O) groups is 1. The molecule has 0 aromatic heterocycles. The highest BCUT2D eigenvalue weighted by Crippen LogP contribution is 2.21. The minimum Gasteiger partial charge on any atom is -0.507 e. The highest BCUT2D eigenvalue weighted by atomic mass is 35.5. The van der Waals surface area contributed by atoms with Gasteiger partial charge in [-0.1, -0.05) is 12.1 Å². The van der Waals surface area contributed by atoms with E-state index >= 15 is 0 Å². The maximum absolute atomic E-state index is 10.7. The van der Waals surface area contributed by atoms with E-state index in [2.05, 4.69) is 0 Å². The summed E-state index contributed by atoms with van der Waals surface area (Å²) in [6, 6.07) is 4.81. The lowest BCUT2D eigenvalue weighted by Crippen LogP contribution is -1.92. The number of carbonyl (C=O) groups excluding carboxylic acids is 1. The zero-order chi connectivity index (χ0) is 8.43. The van der Waals surface area contributed by atoms with Crippen LogP contribution in [-0.4, -0.2) is 10.3 Å². The summed E-state index contributed by atoms with van der Waals surface area (Å²) in [7, 11) is 0. The summed E-state index contributed by atoms with van der Waals surface area (Å²) in [5.41, 5.74) is 0.874. The molecule has 0 heterocycles. The lowest BCUT2D eigenvalue weighted by molar-refractivity contribution is 0.107. The quantitative estimate of drug-likeness (QED) is 0.656. The first-order valence-corrected chi connectivity index (χ1v) is 3.49. The van der Waals surface area contributed by atoms with Gasteiger partial charge in [-0.25, -0.2) is 0 Å². The molecule has 0 atom stereocenters. The number of rotatable bonds is 1. The monoisotopic (exact) mass is 170 g/mol. The summed E-state index contributed by atoms with van der Waals surface area (Å²) < 4.78 is 0. The second kappa shape index (κ2) is 2.93. The molecule has 0 bridgehead atoms. The molecule has 0 aliphatic heterocycles. The van der Waals surface area contributed by atoms with E-state index in [1.807, 2.05) is 0 Å². The SMILES string of the molecule is Cc1cccc(O)c1C(=O)Cl. The lowest BCUT2D eigenvalue weighted by Gasteiger charge is -2.01. The fraction of sp³-hybridized carbons (Fsp3) is 0.125. The summed E-state index contributed by atoms with van der Waals surface area (Å²) in [5, 5.41) is 8.53. The van der Waals surface area contributed by atoms with E-state index in [0.29, 0.717) is 5.56 Å². The van der Waals surface area contributed by atoms with Crippen LogP contribution in [0.5, 0.6) is 5.75 Å². The third-order valence-electron chi connectivity index (χ3n) is 1.45. The predicted molar refractivity (Wildman–Crippen MR) is 43.0 cm³/mol. The normalized spacial score (nSPS) is 9.64. The second-order valence-corrected chi connectivity index (χ2v) is 2.59. The number of hydrogen-bond acceptors (Lipinski definition) is 2. The molecule has 0 amide bonds. The van der Waals surface area contributed by atoms with Crippen LogP contribution < -0.4 is 0 Å². The van der Waals surface area contributed by atoms with Crippen LogP contribution in [0.2, 0.25) is 0 Å². The molecule has 0 aliphatic rings. The van der Waals surface area contributed by atoms with Gasteiger partial charge in [0.25, 0.3) is 5.24 Å². The molecule has 11 heavy (non-hydrogen) atoms. The number of benzene rings is 1. The molecular weight excluding hydrogens is 164 g/mol. The Hall–Kier alpha value is -1.02. The first kappa shape index (κ1) is 8.08. The van der Waals surface area contributed by atoms with E-state index in [1.54, 1.807) is 19.1 Å². The largest absolute Gasteiger partial charge is 0.507 e. The van der Waals surface area contributed by atoms with Gasteiger partial charge in [0, 0.05) is 0 Å². The number of halogens is 1. The zero-order valence-electron chi connectivity index (χ0n) is 5.97. The molecule has 0 saturated heterocycles. The molecule has 1 aromatic rings. The maximum Gasteiger partial charge on any atom is 0.256 e. The van der Waals surface area contributed by atoms with Crippen molar-refractivity contribution in [2.75, 3.05) is 0 Å². The Bertz CT molecular complexity index is 274. The number of phenolic OH excluding ortho intramolecular Hbond substituents is 1. The standard InChI is InChI=1S/C8H7ClO2/c1-5-3-2-4-6(10)7(5)8(9)11/h2-4,10H,1H3. The molecule has 0 fully saturated rings. The summed E-state index contributed by atoms with van der Waals surface area (Å²) in [6.45, 7) is 1.72. The Labute approximate surface area is 69.4 Å². The van der Waals surface area contributed by atoms with E-state index in [9.17, 15) is 4.79 Å². The molecule has 1 N–H and O–H groups in total. The van der Waals surface area contributed by atoms with Gasteiger partial charge >= 0.3 is 0 Å². The Morgan fingerprint density at radius 1 is 1.55 bits per heavy atom. The molecule has 0 radical (unpaired) electrons. The lowest BCUT2D eigenvalue weighted by atomic mass is 10.1. The Kier molecular flexibility index (Phi) is 2.15. The molecule has 1 rings (SSSR count). The van der Waals surface area contributed by atoms with Gasteiger partial charge in [-0.3, -0.25) is 4.79 Å². The van der Waals surface area contributed by atoms with E-state index in [1.165, 1.54) is 6.07 Å². The number of hydrogen-bond donors (Lipinski definition) is 1. The molecule has 0 spiro atoms. The molecule has 0 unspecified atom stereocenters. The first-order valence-electron chi connectivity index (χ1n) is 3.11. The van der Waals surface area contributed by atoms with Crippen LogP contribution in [-0.2, 0) is 0 Å². The van der Waals surface area contributed by atoms with Gasteiger partial charge in [-0.2, -0.15) is 0 Å². The summed E-state index contributed by atoms with van der Waals surface area (Å²) in [6.07, 6.45) is 0. The molecule has 0 aliphatic carbocycles. The van der Waals surface area contributed by atoms with Crippen molar-refractivity contribution in [3.8, 4) is 5.75 Å². The molecule has 3 heteroatoms. The van der Waals surface area contributed by atoms with Gasteiger partial charge in [0.2, 0.25) is 0 Å². The average molecular weight is 171 g/mol. The van der Waals surface area contributed by atoms with Crippen LogP contribution in [0, 0.1) is 6.92 Å². The van der Waals surface area contributed by atoms with E-state index in [-0.39, 0.29) is 11.3 Å². The molecule has 2 nitrogen and oxygen atoms in total.